The smallest absolute Gasteiger partial charge is 0.339 e. The number of nitriles is 1. The topological polar surface area (TPSA) is 88.9 Å². The number of methoxy groups -OCH3 is 1. The monoisotopic (exact) mass is 368 g/mol. The summed E-state index contributed by atoms with van der Waals surface area (Å²) >= 11 is 6.12. The van der Waals surface area contributed by atoms with Crippen molar-refractivity contribution in [2.75, 3.05) is 27.3 Å². The molecule has 1 aromatic carbocycles. The number of hydrogen-bond acceptors (Lipinski definition) is 6. The third-order valence-electron chi connectivity index (χ3n) is 3.32. The number of hydrogen-bond donors (Lipinski definition) is 0. The quantitative estimate of drug-likeness (QED) is 0.655. The lowest BCUT2D eigenvalue weighted by atomic mass is 10.2. The number of carbonyl (C=O) groups excluding carboxylic acids is 2. The average molecular weight is 369 g/mol. The van der Waals surface area contributed by atoms with Crippen LogP contribution in [0.1, 0.15) is 30.6 Å². The van der Waals surface area contributed by atoms with Crippen molar-refractivity contribution in [3.8, 4) is 17.6 Å². The van der Waals surface area contributed by atoms with E-state index in [0.717, 1.165) is 0 Å². The number of likely N-dealkylation sites (N-methyl/N-ethyl adjacent to an activating group) is 1. The van der Waals surface area contributed by atoms with E-state index in [1.54, 1.807) is 14.0 Å². The third kappa shape index (κ3) is 5.54. The lowest BCUT2D eigenvalue weighted by Gasteiger charge is -2.20. The van der Waals surface area contributed by atoms with Crippen molar-refractivity contribution in [3.63, 3.8) is 0 Å². The maximum Gasteiger partial charge on any atom is 0.339 e. The van der Waals surface area contributed by atoms with E-state index in [2.05, 4.69) is 0 Å². The van der Waals surface area contributed by atoms with Crippen LogP contribution in [0, 0.1) is 11.3 Å². The summed E-state index contributed by atoms with van der Waals surface area (Å²) < 4.78 is 15.8. The first-order valence-electron chi connectivity index (χ1n) is 7.68. The van der Waals surface area contributed by atoms with Crippen LogP contribution >= 0.6 is 11.6 Å². The second kappa shape index (κ2) is 9.74. The Morgan fingerprint density at radius 1 is 1.40 bits per heavy atom. The van der Waals surface area contributed by atoms with Gasteiger partial charge >= 0.3 is 5.97 Å². The molecule has 0 aliphatic carbocycles. The van der Waals surface area contributed by atoms with Crippen LogP contribution in [0.25, 0.3) is 0 Å². The van der Waals surface area contributed by atoms with Gasteiger partial charge < -0.3 is 19.1 Å². The highest BCUT2D eigenvalue weighted by Gasteiger charge is 2.23. The molecule has 0 spiro atoms. The van der Waals surface area contributed by atoms with Gasteiger partial charge in [-0.25, -0.2) is 4.79 Å². The molecule has 1 rings (SSSR count). The molecule has 0 N–H and O–H groups in total. The van der Waals surface area contributed by atoms with E-state index >= 15 is 0 Å². The molecule has 25 heavy (non-hydrogen) atoms. The highest BCUT2D eigenvalue weighted by Crippen LogP contribution is 2.36. The van der Waals surface area contributed by atoms with Crippen molar-refractivity contribution in [2.45, 2.75) is 26.4 Å². The number of amides is 1. The zero-order valence-electron chi connectivity index (χ0n) is 14.7. The van der Waals surface area contributed by atoms with E-state index in [1.807, 2.05) is 6.07 Å². The molecular weight excluding hydrogens is 348 g/mol. The summed E-state index contributed by atoms with van der Waals surface area (Å²) in [6.07, 6.45) is -0.790. The van der Waals surface area contributed by atoms with E-state index in [9.17, 15) is 9.59 Å². The van der Waals surface area contributed by atoms with Gasteiger partial charge in [-0.3, -0.25) is 4.79 Å². The van der Waals surface area contributed by atoms with Gasteiger partial charge in [0.1, 0.15) is 0 Å². The van der Waals surface area contributed by atoms with E-state index in [0.29, 0.717) is 18.1 Å². The first kappa shape index (κ1) is 20.6. The number of rotatable bonds is 8. The fourth-order valence-corrected chi connectivity index (χ4v) is 2.30. The van der Waals surface area contributed by atoms with Crippen LogP contribution in [0.15, 0.2) is 12.1 Å². The van der Waals surface area contributed by atoms with E-state index < -0.39 is 18.0 Å². The lowest BCUT2D eigenvalue weighted by Crippen LogP contribution is -2.37. The molecule has 0 saturated heterocycles. The molecule has 0 heterocycles. The van der Waals surface area contributed by atoms with Gasteiger partial charge in [0.05, 0.1) is 36.8 Å². The van der Waals surface area contributed by atoms with Crippen LogP contribution in [0.5, 0.6) is 11.5 Å². The predicted molar refractivity (Wildman–Crippen MR) is 91.9 cm³/mol. The highest BCUT2D eigenvalue weighted by molar-refractivity contribution is 6.32. The number of ether oxygens (including phenoxy) is 3. The van der Waals surface area contributed by atoms with Gasteiger partial charge in [-0.15, -0.1) is 0 Å². The Labute approximate surface area is 152 Å². The molecule has 0 aliphatic heterocycles. The number of halogens is 1. The molecule has 0 fully saturated rings. The molecule has 0 aromatic heterocycles. The van der Waals surface area contributed by atoms with Gasteiger partial charge in [0, 0.05) is 13.6 Å². The minimum Gasteiger partial charge on any atom is -0.493 e. The summed E-state index contributed by atoms with van der Waals surface area (Å²) in [5.41, 5.74) is 0.143. The molecule has 1 aromatic rings. The Kier molecular flexibility index (Phi) is 8.02. The van der Waals surface area contributed by atoms with Crippen molar-refractivity contribution in [1.29, 1.82) is 5.26 Å². The minimum atomic E-state index is -0.993. The van der Waals surface area contributed by atoms with E-state index in [-0.39, 0.29) is 23.6 Å². The van der Waals surface area contributed by atoms with Crippen LogP contribution < -0.4 is 9.47 Å². The molecule has 0 saturated carbocycles. The zero-order valence-corrected chi connectivity index (χ0v) is 15.4. The fraction of sp³-hybridized carbons (Fsp3) is 0.471. The Bertz CT molecular complexity index is 672. The first-order valence-corrected chi connectivity index (χ1v) is 8.06. The molecule has 136 valence electrons. The normalized spacial score (nSPS) is 11.2. The van der Waals surface area contributed by atoms with Gasteiger partial charge in [0.25, 0.3) is 5.91 Å². The van der Waals surface area contributed by atoms with Crippen molar-refractivity contribution in [2.24, 2.45) is 0 Å². The molecule has 1 atom stereocenters. The second-order valence-corrected chi connectivity index (χ2v) is 5.55. The van der Waals surface area contributed by atoms with Crippen LogP contribution in [-0.4, -0.2) is 50.2 Å². The van der Waals surface area contributed by atoms with Gasteiger partial charge in [-0.1, -0.05) is 11.6 Å². The molecule has 8 heteroatoms. The first-order chi connectivity index (χ1) is 11.8. The molecule has 7 nitrogen and oxygen atoms in total. The Hall–Kier alpha value is -2.46. The number of carbonyl (C=O) groups is 2. The summed E-state index contributed by atoms with van der Waals surface area (Å²) in [5, 5.41) is 8.76. The van der Waals surface area contributed by atoms with Gasteiger partial charge in [0.15, 0.2) is 17.6 Å². The number of nitrogens with zero attached hydrogens (tertiary/aromatic N) is 2. The molecule has 0 radical (unpaired) electrons. The minimum absolute atomic E-state index is 0.143. The van der Waals surface area contributed by atoms with Crippen LogP contribution in [0.2, 0.25) is 5.02 Å². The number of esters is 1. The second-order valence-electron chi connectivity index (χ2n) is 5.14. The molecular formula is C17H21ClN2O5. The Morgan fingerprint density at radius 3 is 2.64 bits per heavy atom. The fourth-order valence-electron chi connectivity index (χ4n) is 2.04. The Balaban J connectivity index is 2.88. The van der Waals surface area contributed by atoms with E-state index in [1.165, 1.54) is 31.1 Å². The van der Waals surface area contributed by atoms with Crippen LogP contribution in [0.3, 0.4) is 0 Å². The van der Waals surface area contributed by atoms with Crippen molar-refractivity contribution in [1.82, 2.24) is 4.90 Å². The summed E-state index contributed by atoms with van der Waals surface area (Å²) in [6.45, 7) is 3.92. The van der Waals surface area contributed by atoms with E-state index in [4.69, 9.17) is 31.1 Å². The zero-order chi connectivity index (χ0) is 19.0. The summed E-state index contributed by atoms with van der Waals surface area (Å²) in [6, 6.07) is 4.79. The van der Waals surface area contributed by atoms with Crippen molar-refractivity contribution < 1.29 is 23.8 Å². The molecule has 0 unspecified atom stereocenters. The maximum atomic E-state index is 12.3. The summed E-state index contributed by atoms with van der Waals surface area (Å²) in [5.74, 6) is -0.472. The predicted octanol–water partition coefficient (Wildman–Crippen LogP) is 2.66. The SMILES string of the molecule is CCOc1c(Cl)cc(C(=O)O[C@@H](C)C(=O)N(C)CCC#N)cc1OC. The van der Waals surface area contributed by atoms with Crippen LogP contribution in [0.4, 0.5) is 0 Å². The van der Waals surface area contributed by atoms with Crippen molar-refractivity contribution >= 4 is 23.5 Å². The van der Waals surface area contributed by atoms with Gasteiger partial charge in [0.2, 0.25) is 0 Å². The van der Waals surface area contributed by atoms with Crippen molar-refractivity contribution in [3.05, 3.63) is 22.7 Å². The van der Waals surface area contributed by atoms with Gasteiger partial charge in [-0.2, -0.15) is 5.26 Å². The lowest BCUT2D eigenvalue weighted by molar-refractivity contribution is -0.138. The largest absolute Gasteiger partial charge is 0.493 e. The maximum absolute atomic E-state index is 12.3. The highest BCUT2D eigenvalue weighted by atomic mass is 35.5. The molecule has 0 bridgehead atoms. The third-order valence-corrected chi connectivity index (χ3v) is 3.60. The average Bonchev–Trinajstić information content (AvgIpc) is 2.60. The summed E-state index contributed by atoms with van der Waals surface area (Å²) in [7, 11) is 2.97. The molecule has 0 aliphatic rings. The van der Waals surface area contributed by atoms with Crippen LogP contribution in [-0.2, 0) is 9.53 Å². The molecule has 1 amide bonds. The van der Waals surface area contributed by atoms with Gasteiger partial charge in [-0.05, 0) is 26.0 Å². The summed E-state index contributed by atoms with van der Waals surface area (Å²) in [4.78, 5) is 25.7. The number of benzene rings is 1. The standard InChI is InChI=1S/C17H21ClN2O5/c1-5-24-15-13(18)9-12(10-14(15)23-4)17(22)25-11(2)16(21)20(3)8-6-7-19/h9-11H,5-6,8H2,1-4H3/t11-/m0/s1. The Morgan fingerprint density at radius 2 is 2.08 bits per heavy atom.